The lowest BCUT2D eigenvalue weighted by molar-refractivity contribution is 0.233. The van der Waals surface area contributed by atoms with Gasteiger partial charge in [0.2, 0.25) is 12.0 Å². The third-order valence-electron chi connectivity index (χ3n) is 4.72. The van der Waals surface area contributed by atoms with Gasteiger partial charge in [-0.15, -0.1) is 0 Å². The molecule has 0 saturated heterocycles. The summed E-state index contributed by atoms with van der Waals surface area (Å²) in [6, 6.07) is 6.20. The van der Waals surface area contributed by atoms with Gasteiger partial charge in [0, 0.05) is 11.7 Å². The highest BCUT2D eigenvalue weighted by Gasteiger charge is 2.19. The lowest BCUT2D eigenvalue weighted by Crippen LogP contribution is -2.48. The zero-order valence-electron chi connectivity index (χ0n) is 15.4. The molecule has 0 aliphatic heterocycles. The Balaban J connectivity index is 0.000000290. The molecule has 4 N–H and O–H groups in total. The normalized spacial score (nSPS) is 15.9. The summed E-state index contributed by atoms with van der Waals surface area (Å²) < 4.78 is 0. The molecule has 26 heavy (non-hydrogen) atoms. The molecule has 0 spiro atoms. The number of para-hydroxylation sites is 1. The van der Waals surface area contributed by atoms with Crippen LogP contribution in [0.3, 0.4) is 0 Å². The van der Waals surface area contributed by atoms with Crippen molar-refractivity contribution < 1.29 is 9.59 Å². The average molecular weight is 357 g/mol. The average Bonchev–Trinajstić information content (AvgIpc) is 2.51. The van der Waals surface area contributed by atoms with E-state index in [1.54, 1.807) is 6.08 Å². The molecule has 2 amide bonds. The number of benzene rings is 1. The number of carbonyl (C=O) groups is 1. The first kappa shape index (κ1) is 19.7. The van der Waals surface area contributed by atoms with Crippen molar-refractivity contribution in [2.45, 2.75) is 64.5 Å². The predicted molar refractivity (Wildman–Crippen MR) is 102 cm³/mol. The van der Waals surface area contributed by atoms with Gasteiger partial charge < -0.3 is 10.6 Å². The lowest BCUT2D eigenvalue weighted by atomic mass is 9.93. The topological polar surface area (TPSA) is 106 Å². The predicted octanol–water partition coefficient (Wildman–Crippen LogP) is 3.38. The van der Waals surface area contributed by atoms with Gasteiger partial charge in [0.05, 0.1) is 6.04 Å². The Kier molecular flexibility index (Phi) is 7.36. The number of guanidine groups is 1. The van der Waals surface area contributed by atoms with Crippen LogP contribution in [0.5, 0.6) is 0 Å². The van der Waals surface area contributed by atoms with E-state index < -0.39 is 0 Å². The zero-order chi connectivity index (χ0) is 18.9. The van der Waals surface area contributed by atoms with E-state index in [-0.39, 0.29) is 18.0 Å². The van der Waals surface area contributed by atoms with E-state index in [9.17, 15) is 9.59 Å². The molecule has 2 fully saturated rings. The van der Waals surface area contributed by atoms with Crippen LogP contribution in [-0.4, -0.2) is 30.2 Å². The van der Waals surface area contributed by atoms with Gasteiger partial charge in [-0.1, -0.05) is 18.2 Å². The summed E-state index contributed by atoms with van der Waals surface area (Å²) in [4.78, 5) is 24.7. The van der Waals surface area contributed by atoms with Crippen LogP contribution in [0.25, 0.3) is 0 Å². The number of urea groups is 1. The molecule has 140 valence electrons. The molecule has 0 aromatic heterocycles. The summed E-state index contributed by atoms with van der Waals surface area (Å²) in [6.45, 7) is 3.94. The summed E-state index contributed by atoms with van der Waals surface area (Å²) in [6.07, 6.45) is 8.20. The van der Waals surface area contributed by atoms with Crippen molar-refractivity contribution >= 4 is 23.8 Å². The van der Waals surface area contributed by atoms with E-state index in [1.165, 1.54) is 12.8 Å². The number of anilines is 1. The second kappa shape index (κ2) is 9.73. The van der Waals surface area contributed by atoms with Crippen LogP contribution in [0, 0.1) is 19.3 Å². The largest absolute Gasteiger partial charge is 0.335 e. The first-order valence-electron chi connectivity index (χ1n) is 9.06. The smallest absolute Gasteiger partial charge is 0.321 e. The lowest BCUT2D eigenvalue weighted by Gasteiger charge is -2.26. The quantitative estimate of drug-likeness (QED) is 0.378. The first-order chi connectivity index (χ1) is 12.5. The molecule has 7 heteroatoms. The van der Waals surface area contributed by atoms with Crippen LogP contribution < -0.4 is 16.0 Å². The Hall–Kier alpha value is -2.66. The van der Waals surface area contributed by atoms with Crippen molar-refractivity contribution in [3.8, 4) is 0 Å². The van der Waals surface area contributed by atoms with E-state index in [0.29, 0.717) is 6.04 Å². The van der Waals surface area contributed by atoms with Crippen LogP contribution in [0.1, 0.15) is 49.7 Å². The van der Waals surface area contributed by atoms with Crippen LogP contribution >= 0.6 is 0 Å². The summed E-state index contributed by atoms with van der Waals surface area (Å²) >= 11 is 0. The molecule has 0 unspecified atom stereocenters. The van der Waals surface area contributed by atoms with E-state index in [4.69, 9.17) is 5.41 Å². The number of rotatable bonds is 3. The second-order valence-electron chi connectivity index (χ2n) is 6.80. The number of aryl methyl sites for hydroxylation is 2. The molecule has 1 aromatic rings. The number of carbonyl (C=O) groups excluding carboxylic acids is 2. The maximum Gasteiger partial charge on any atom is 0.321 e. The van der Waals surface area contributed by atoms with Crippen molar-refractivity contribution in [3.05, 3.63) is 29.3 Å². The molecule has 2 aliphatic rings. The molecule has 2 saturated carbocycles. The molecule has 0 atom stereocenters. The molecule has 0 radical (unpaired) electrons. The van der Waals surface area contributed by atoms with Gasteiger partial charge >= 0.3 is 6.03 Å². The van der Waals surface area contributed by atoms with Gasteiger partial charge in [-0.3, -0.25) is 10.7 Å². The number of hydrogen-bond acceptors (Lipinski definition) is 4. The second-order valence-corrected chi connectivity index (χ2v) is 6.80. The van der Waals surface area contributed by atoms with Gasteiger partial charge in [-0.25, -0.2) is 14.6 Å². The van der Waals surface area contributed by atoms with E-state index in [0.717, 1.165) is 42.5 Å². The highest BCUT2D eigenvalue weighted by atomic mass is 16.2. The molecule has 2 aliphatic carbocycles. The molecule has 3 rings (SSSR count). The summed E-state index contributed by atoms with van der Waals surface area (Å²) in [5, 5.41) is 16.1. The fourth-order valence-corrected chi connectivity index (χ4v) is 2.65. The minimum Gasteiger partial charge on any atom is -0.335 e. The number of nitrogens with zero attached hydrogens (tertiary/aromatic N) is 1. The van der Waals surface area contributed by atoms with Gasteiger partial charge in [0.25, 0.3) is 0 Å². The van der Waals surface area contributed by atoms with Crippen LogP contribution in [0.4, 0.5) is 10.5 Å². The fourth-order valence-electron chi connectivity index (χ4n) is 2.65. The van der Waals surface area contributed by atoms with Crippen LogP contribution in [-0.2, 0) is 4.79 Å². The van der Waals surface area contributed by atoms with E-state index in [2.05, 4.69) is 20.9 Å². The third kappa shape index (κ3) is 6.01. The third-order valence-corrected chi connectivity index (χ3v) is 4.72. The van der Waals surface area contributed by atoms with Gasteiger partial charge in [-0.2, -0.15) is 0 Å². The minimum atomic E-state index is -0.312. The molecule has 1 aromatic carbocycles. The number of aliphatic imine (C=N–C) groups is 1. The Morgan fingerprint density at radius 1 is 1.15 bits per heavy atom. The standard InChI is InChI=1S/C14H20N4O.C5H7NO/c1-9-5-3-6-10(2)12(9)17-13(15)18-14(19)16-11-7-4-8-11;7-4-6-5-2-1-3-5/h3,5-6,11H,4,7-8H2,1-2H3,(H4,15,16,17,18,19);5H,1-3H2. The highest BCUT2D eigenvalue weighted by Crippen LogP contribution is 2.21. The molecule has 0 bridgehead atoms. The van der Waals surface area contributed by atoms with Crippen molar-refractivity contribution in [3.63, 3.8) is 0 Å². The van der Waals surface area contributed by atoms with Crippen molar-refractivity contribution in [1.82, 2.24) is 10.6 Å². The maximum absolute atomic E-state index is 11.6. The Bertz CT molecular complexity index is 669. The van der Waals surface area contributed by atoms with Crippen molar-refractivity contribution in [2.75, 3.05) is 5.32 Å². The first-order valence-corrected chi connectivity index (χ1v) is 9.06. The maximum atomic E-state index is 11.6. The molecule has 0 heterocycles. The van der Waals surface area contributed by atoms with E-state index in [1.807, 2.05) is 32.0 Å². The van der Waals surface area contributed by atoms with Gasteiger partial charge in [-0.05, 0) is 63.5 Å². The van der Waals surface area contributed by atoms with Gasteiger partial charge in [0.15, 0.2) is 0 Å². The number of isocyanates is 1. The highest BCUT2D eigenvalue weighted by molar-refractivity contribution is 6.02. The van der Waals surface area contributed by atoms with Crippen LogP contribution in [0.2, 0.25) is 0 Å². The summed E-state index contributed by atoms with van der Waals surface area (Å²) in [5.41, 5.74) is 2.97. The monoisotopic (exact) mass is 357 g/mol. The van der Waals surface area contributed by atoms with Gasteiger partial charge in [0.1, 0.15) is 0 Å². The van der Waals surface area contributed by atoms with Crippen LogP contribution in [0.15, 0.2) is 23.2 Å². The number of hydrogen-bond donors (Lipinski definition) is 4. The minimum absolute atomic E-state index is 0.00535. The summed E-state index contributed by atoms with van der Waals surface area (Å²) in [7, 11) is 0. The Morgan fingerprint density at radius 3 is 2.19 bits per heavy atom. The molecular weight excluding hydrogens is 330 g/mol. The van der Waals surface area contributed by atoms with E-state index >= 15 is 0 Å². The Labute approximate surface area is 154 Å². The number of amides is 2. The van der Waals surface area contributed by atoms with Crippen molar-refractivity contribution in [1.29, 1.82) is 5.41 Å². The number of nitrogens with one attached hydrogen (secondary N) is 4. The summed E-state index contributed by atoms with van der Waals surface area (Å²) in [5.74, 6) is -0.00535. The zero-order valence-corrected chi connectivity index (χ0v) is 15.4. The van der Waals surface area contributed by atoms with Crippen molar-refractivity contribution in [2.24, 2.45) is 4.99 Å². The SMILES string of the molecule is Cc1cccc(C)c1NC(=N)NC(=O)NC1CCC1.O=C=NC1CCC1. The fraction of sp³-hybridized carbons (Fsp3) is 0.526. The Morgan fingerprint density at radius 2 is 1.77 bits per heavy atom. The molecule has 7 nitrogen and oxygen atoms in total. The molecular formula is C19H27N5O2.